The van der Waals surface area contributed by atoms with Crippen molar-refractivity contribution in [1.82, 2.24) is 0 Å². The number of anilines is 1. The number of nitrogens with one attached hydrogen (secondary N) is 1. The van der Waals surface area contributed by atoms with Gasteiger partial charge < -0.3 is 15.0 Å². The van der Waals surface area contributed by atoms with Gasteiger partial charge in [-0.3, -0.25) is 5.43 Å². The molecule has 0 saturated heterocycles. The molecule has 1 aliphatic rings. The van der Waals surface area contributed by atoms with Crippen LogP contribution in [-0.4, -0.2) is 12.4 Å². The molecule has 1 N–H and O–H groups in total. The summed E-state index contributed by atoms with van der Waals surface area (Å²) in [5.41, 5.74) is 5.16. The van der Waals surface area contributed by atoms with E-state index in [1.165, 1.54) is 5.56 Å². The predicted octanol–water partition coefficient (Wildman–Crippen LogP) is -6.33. The predicted molar refractivity (Wildman–Crippen MR) is 53.0 cm³/mol. The Morgan fingerprint density at radius 1 is 1.18 bits per heavy atom. The zero-order valence-corrected chi connectivity index (χ0v) is 16.0. The summed E-state index contributed by atoms with van der Waals surface area (Å²) in [4.78, 5) is 8.33. The number of allylic oxidation sites excluding steroid dienone is 1. The number of carbonyl (C=O) groups excluding carboxylic acids is 1. The molecule has 1 aliphatic heterocycles. The fourth-order valence-electron chi connectivity index (χ4n) is 1.04. The van der Waals surface area contributed by atoms with Gasteiger partial charge in [0.05, 0.1) is 5.69 Å². The van der Waals surface area contributed by atoms with E-state index in [1.807, 2.05) is 36.4 Å². The number of hydrogen-bond donors (Lipinski definition) is 1. The molecule has 0 saturated carbocycles. The van der Waals surface area contributed by atoms with Crippen LogP contribution in [0.3, 0.4) is 0 Å². The molecule has 0 aromatic heterocycles. The Bertz CT molecular complexity index is 404. The molecule has 0 unspecified atom stereocenters. The van der Waals surface area contributed by atoms with Crippen molar-refractivity contribution in [3.05, 3.63) is 35.9 Å². The molecule has 0 radical (unpaired) electrons. The molecule has 0 spiro atoms. The van der Waals surface area contributed by atoms with E-state index in [1.54, 1.807) is 6.21 Å². The smallest absolute Gasteiger partial charge is 0.652 e. The van der Waals surface area contributed by atoms with E-state index in [0.29, 0.717) is 0 Å². The molecule has 0 amide bonds. The van der Waals surface area contributed by atoms with E-state index in [0.717, 1.165) is 5.69 Å². The Labute approximate surface area is 184 Å². The van der Waals surface area contributed by atoms with E-state index in [-0.39, 0.29) is 103 Å². The van der Waals surface area contributed by atoms with E-state index < -0.39 is 6.16 Å². The number of carboxylic acid groups (broad SMARTS) is 2. The first-order valence-electron chi connectivity index (χ1n) is 4.13. The maximum Gasteiger partial charge on any atom is 1.00 e. The van der Waals surface area contributed by atoms with Crippen molar-refractivity contribution >= 4 is 24.1 Å². The molecule has 0 atom stereocenters. The van der Waals surface area contributed by atoms with Gasteiger partial charge >= 0.3 is 103 Å². The summed E-state index contributed by atoms with van der Waals surface area (Å²) in [5.74, 6) is 0. The number of nitrogens with zero attached hydrogens (tertiary/aromatic N) is 1. The van der Waals surface area contributed by atoms with Gasteiger partial charge in [-0.15, -0.1) is 0 Å². The van der Waals surface area contributed by atoms with Crippen molar-refractivity contribution in [1.29, 1.82) is 0 Å². The van der Waals surface area contributed by atoms with Gasteiger partial charge in [0, 0.05) is 6.21 Å². The largest absolute Gasteiger partial charge is 1.00 e. The maximum absolute atomic E-state index is 8.33. The summed E-state index contributed by atoms with van der Waals surface area (Å²) >= 11 is 0. The molecular weight excluding hydrogens is 274 g/mol. The first-order chi connectivity index (χ1) is 7.20. The SMILES string of the molecule is C1=Cc2ccccc2NN=C1.O=C([O-])[O-].[K+].[K+]. The quantitative estimate of drug-likeness (QED) is 0.480. The molecule has 17 heavy (non-hydrogen) atoms. The average molecular weight is 282 g/mol. The summed E-state index contributed by atoms with van der Waals surface area (Å²) in [6.07, 6.45) is 3.34. The summed E-state index contributed by atoms with van der Waals surface area (Å²) in [6, 6.07) is 8.05. The van der Waals surface area contributed by atoms with Crippen LogP contribution in [0.2, 0.25) is 0 Å². The van der Waals surface area contributed by atoms with Gasteiger partial charge in [0.2, 0.25) is 0 Å². The number of carbonyl (C=O) groups is 1. The van der Waals surface area contributed by atoms with E-state index in [2.05, 4.69) is 10.5 Å². The van der Waals surface area contributed by atoms with Crippen LogP contribution in [-0.2, 0) is 0 Å². The van der Waals surface area contributed by atoms with Crippen molar-refractivity contribution in [3.8, 4) is 0 Å². The molecule has 0 aliphatic carbocycles. The zero-order chi connectivity index (χ0) is 11.1. The Morgan fingerprint density at radius 2 is 1.76 bits per heavy atom. The van der Waals surface area contributed by atoms with Gasteiger partial charge in [-0.05, 0) is 23.9 Å². The van der Waals surface area contributed by atoms with Crippen LogP contribution in [0.25, 0.3) is 6.08 Å². The van der Waals surface area contributed by atoms with E-state index in [4.69, 9.17) is 15.0 Å². The van der Waals surface area contributed by atoms with Gasteiger partial charge in [0.15, 0.2) is 0 Å². The van der Waals surface area contributed by atoms with Crippen LogP contribution >= 0.6 is 0 Å². The van der Waals surface area contributed by atoms with Crippen molar-refractivity contribution < 1.29 is 118 Å². The molecule has 2 rings (SSSR count). The molecule has 1 heterocycles. The standard InChI is InChI=1S/C9H8N2.CH2O3.2K/c1-2-6-9-8(4-1)5-3-7-10-11-9;2-1(3)4;;/h1-7,11H;(H2,2,3,4);;/q;;2*+1/p-2. The molecule has 0 fully saturated rings. The van der Waals surface area contributed by atoms with E-state index >= 15 is 0 Å². The van der Waals surface area contributed by atoms with Crippen molar-refractivity contribution in [3.63, 3.8) is 0 Å². The summed E-state index contributed by atoms with van der Waals surface area (Å²) in [6.45, 7) is 0. The van der Waals surface area contributed by atoms with Crippen LogP contribution in [0, 0.1) is 0 Å². The van der Waals surface area contributed by atoms with Crippen molar-refractivity contribution in [2.75, 3.05) is 5.43 Å². The Morgan fingerprint density at radius 3 is 2.41 bits per heavy atom. The number of para-hydroxylation sites is 1. The fraction of sp³-hybridized carbons (Fsp3) is 0. The number of rotatable bonds is 0. The first kappa shape index (κ1) is 20.3. The minimum atomic E-state index is -2.33. The molecule has 78 valence electrons. The minimum Gasteiger partial charge on any atom is -0.652 e. The molecule has 5 nitrogen and oxygen atoms in total. The van der Waals surface area contributed by atoms with Crippen LogP contribution < -0.4 is 118 Å². The van der Waals surface area contributed by atoms with Crippen LogP contribution in [0.1, 0.15) is 5.56 Å². The van der Waals surface area contributed by atoms with Gasteiger partial charge in [-0.2, -0.15) is 5.10 Å². The monoisotopic (exact) mass is 282 g/mol. The molecule has 0 bridgehead atoms. The van der Waals surface area contributed by atoms with Gasteiger partial charge in [0.1, 0.15) is 0 Å². The van der Waals surface area contributed by atoms with Gasteiger partial charge in [-0.25, -0.2) is 0 Å². The second-order valence-electron chi connectivity index (χ2n) is 2.59. The van der Waals surface area contributed by atoms with Crippen LogP contribution in [0.4, 0.5) is 10.5 Å². The Balaban J connectivity index is 0. The first-order valence-corrected chi connectivity index (χ1v) is 4.13. The van der Waals surface area contributed by atoms with E-state index in [9.17, 15) is 0 Å². The molecular formula is C10H8K2N2O3. The Hall–Kier alpha value is 0.973. The maximum atomic E-state index is 8.33. The van der Waals surface area contributed by atoms with Gasteiger partial charge in [0.25, 0.3) is 0 Å². The normalized spacial score (nSPS) is 10.1. The average Bonchev–Trinajstić information content (AvgIpc) is 2.41. The second-order valence-corrected chi connectivity index (χ2v) is 2.59. The summed E-state index contributed by atoms with van der Waals surface area (Å²) in [7, 11) is 0. The third-order valence-corrected chi connectivity index (χ3v) is 1.58. The van der Waals surface area contributed by atoms with Crippen molar-refractivity contribution in [2.24, 2.45) is 5.10 Å². The zero-order valence-electron chi connectivity index (χ0n) is 9.71. The summed E-state index contributed by atoms with van der Waals surface area (Å²) < 4.78 is 0. The van der Waals surface area contributed by atoms with Crippen LogP contribution in [0.15, 0.2) is 35.4 Å². The second kappa shape index (κ2) is 12.0. The minimum absolute atomic E-state index is 0. The number of benzene rings is 1. The summed E-state index contributed by atoms with van der Waals surface area (Å²) in [5, 5.41) is 20.6. The number of hydrogen-bond acceptors (Lipinski definition) is 5. The van der Waals surface area contributed by atoms with Crippen molar-refractivity contribution in [2.45, 2.75) is 0 Å². The molecule has 1 aromatic carbocycles. The molecule has 7 heteroatoms. The number of fused-ring (bicyclic) bond motifs is 1. The topological polar surface area (TPSA) is 87.6 Å². The molecule has 1 aromatic rings. The van der Waals surface area contributed by atoms with Crippen LogP contribution in [0.5, 0.6) is 0 Å². The number of hydrazone groups is 1. The third-order valence-electron chi connectivity index (χ3n) is 1.58. The fourth-order valence-corrected chi connectivity index (χ4v) is 1.04. The van der Waals surface area contributed by atoms with Gasteiger partial charge in [-0.1, -0.05) is 24.3 Å². The third kappa shape index (κ3) is 9.54. The Kier molecular flexibility index (Phi) is 14.4.